The summed E-state index contributed by atoms with van der Waals surface area (Å²) >= 11 is 3.43. The van der Waals surface area contributed by atoms with Gasteiger partial charge in [0.05, 0.1) is 12.1 Å². The Labute approximate surface area is 173 Å². The third-order valence-electron chi connectivity index (χ3n) is 4.54. The molecule has 3 rings (SSSR count). The molecule has 1 aliphatic rings. The summed E-state index contributed by atoms with van der Waals surface area (Å²) in [4.78, 5) is 28.7. The van der Waals surface area contributed by atoms with E-state index in [2.05, 4.69) is 26.1 Å². The molecule has 2 aromatic rings. The summed E-state index contributed by atoms with van der Waals surface area (Å²) in [5.74, 6) is 1.18. The molecular weight excluding hydrogens is 422 g/mol. The predicted octanol–water partition coefficient (Wildman–Crippen LogP) is 3.14. The van der Waals surface area contributed by atoms with Gasteiger partial charge in [-0.25, -0.2) is 0 Å². The molecule has 148 valence electrons. The number of para-hydroxylation sites is 1. The fraction of sp³-hybridized carbons (Fsp3) is 0.333. The zero-order chi connectivity index (χ0) is 19.9. The van der Waals surface area contributed by atoms with E-state index in [1.54, 1.807) is 12.1 Å². The van der Waals surface area contributed by atoms with E-state index in [0.717, 1.165) is 4.47 Å². The largest absolute Gasteiger partial charge is 0.456 e. The molecular formula is C21H24BrN3O3. The maximum Gasteiger partial charge on any atom is 0.257 e. The Morgan fingerprint density at radius 2 is 1.82 bits per heavy atom. The number of benzene rings is 2. The molecule has 1 heterocycles. The smallest absolute Gasteiger partial charge is 0.257 e. The van der Waals surface area contributed by atoms with E-state index in [9.17, 15) is 9.59 Å². The Kier molecular flexibility index (Phi) is 7.06. The van der Waals surface area contributed by atoms with Crippen molar-refractivity contribution >= 4 is 27.7 Å². The third-order valence-corrected chi connectivity index (χ3v) is 5.04. The number of piperazine rings is 1. The zero-order valence-corrected chi connectivity index (χ0v) is 17.4. The standard InChI is InChI=1S/C21H24BrN3O3/c1-2-23-20(26)15-24-10-12-25(13-11-24)21(27)18-8-3-4-9-19(18)28-17-7-5-6-16(22)14-17/h3-9,14H,2,10-13,15H2,1H3,(H,23,26). The second kappa shape index (κ2) is 9.71. The number of ether oxygens (including phenoxy) is 1. The Morgan fingerprint density at radius 3 is 2.54 bits per heavy atom. The predicted molar refractivity (Wildman–Crippen MR) is 112 cm³/mol. The highest BCUT2D eigenvalue weighted by atomic mass is 79.9. The van der Waals surface area contributed by atoms with E-state index >= 15 is 0 Å². The minimum absolute atomic E-state index is 0.0232. The number of rotatable bonds is 6. The molecule has 0 atom stereocenters. The first-order valence-electron chi connectivity index (χ1n) is 9.37. The van der Waals surface area contributed by atoms with Crippen molar-refractivity contribution in [1.29, 1.82) is 0 Å². The van der Waals surface area contributed by atoms with E-state index in [0.29, 0.717) is 56.3 Å². The van der Waals surface area contributed by atoms with Crippen LogP contribution in [0.4, 0.5) is 0 Å². The van der Waals surface area contributed by atoms with Crippen molar-refractivity contribution in [1.82, 2.24) is 15.1 Å². The van der Waals surface area contributed by atoms with Gasteiger partial charge in [-0.15, -0.1) is 0 Å². The molecule has 0 bridgehead atoms. The molecule has 0 aromatic heterocycles. The Balaban J connectivity index is 1.64. The molecule has 1 aliphatic heterocycles. The monoisotopic (exact) mass is 445 g/mol. The van der Waals surface area contributed by atoms with Crippen LogP contribution < -0.4 is 10.1 Å². The van der Waals surface area contributed by atoms with E-state index in [4.69, 9.17) is 4.74 Å². The van der Waals surface area contributed by atoms with Gasteiger partial charge in [-0.3, -0.25) is 14.5 Å². The van der Waals surface area contributed by atoms with Crippen molar-refractivity contribution in [2.24, 2.45) is 0 Å². The summed E-state index contributed by atoms with van der Waals surface area (Å²) in [6, 6.07) is 14.8. The van der Waals surface area contributed by atoms with Gasteiger partial charge < -0.3 is 15.0 Å². The second-order valence-corrected chi connectivity index (χ2v) is 7.49. The minimum Gasteiger partial charge on any atom is -0.456 e. The van der Waals surface area contributed by atoms with E-state index in [-0.39, 0.29) is 11.8 Å². The van der Waals surface area contributed by atoms with Crippen molar-refractivity contribution in [2.75, 3.05) is 39.3 Å². The van der Waals surface area contributed by atoms with Crippen LogP contribution in [-0.4, -0.2) is 60.9 Å². The Hall–Kier alpha value is -2.38. The number of likely N-dealkylation sites (N-methyl/N-ethyl adjacent to an activating group) is 1. The van der Waals surface area contributed by atoms with Crippen LogP contribution in [0.5, 0.6) is 11.5 Å². The van der Waals surface area contributed by atoms with Crippen LogP contribution in [0.25, 0.3) is 0 Å². The van der Waals surface area contributed by atoms with Crippen LogP contribution in [0, 0.1) is 0 Å². The zero-order valence-electron chi connectivity index (χ0n) is 15.9. The van der Waals surface area contributed by atoms with E-state index in [1.807, 2.05) is 48.2 Å². The number of amides is 2. The van der Waals surface area contributed by atoms with Crippen molar-refractivity contribution in [3.63, 3.8) is 0 Å². The molecule has 0 spiro atoms. The molecule has 0 aliphatic carbocycles. The van der Waals surface area contributed by atoms with Gasteiger partial charge in [0.25, 0.3) is 5.91 Å². The summed E-state index contributed by atoms with van der Waals surface area (Å²) in [7, 11) is 0. The third kappa shape index (κ3) is 5.33. The van der Waals surface area contributed by atoms with Crippen LogP contribution in [0.1, 0.15) is 17.3 Å². The van der Waals surface area contributed by atoms with Crippen LogP contribution in [0.15, 0.2) is 53.0 Å². The Bertz CT molecular complexity index is 835. The molecule has 1 N–H and O–H groups in total. The molecule has 2 amide bonds. The first kappa shape index (κ1) is 20.4. The summed E-state index contributed by atoms with van der Waals surface area (Å²) in [6.07, 6.45) is 0. The summed E-state index contributed by atoms with van der Waals surface area (Å²) in [6.45, 7) is 5.44. The van der Waals surface area contributed by atoms with E-state index in [1.165, 1.54) is 0 Å². The molecule has 7 heteroatoms. The highest BCUT2D eigenvalue weighted by Gasteiger charge is 2.25. The minimum atomic E-state index is -0.0525. The van der Waals surface area contributed by atoms with Crippen molar-refractivity contribution < 1.29 is 14.3 Å². The van der Waals surface area contributed by atoms with E-state index < -0.39 is 0 Å². The average Bonchev–Trinajstić information content (AvgIpc) is 2.69. The van der Waals surface area contributed by atoms with Crippen molar-refractivity contribution in [3.8, 4) is 11.5 Å². The lowest BCUT2D eigenvalue weighted by Crippen LogP contribution is -2.51. The highest BCUT2D eigenvalue weighted by molar-refractivity contribution is 9.10. The highest BCUT2D eigenvalue weighted by Crippen LogP contribution is 2.28. The molecule has 28 heavy (non-hydrogen) atoms. The summed E-state index contributed by atoms with van der Waals surface area (Å²) in [5, 5.41) is 2.81. The summed E-state index contributed by atoms with van der Waals surface area (Å²) < 4.78 is 6.88. The molecule has 0 unspecified atom stereocenters. The number of hydrogen-bond donors (Lipinski definition) is 1. The number of carbonyl (C=O) groups excluding carboxylic acids is 2. The van der Waals surface area contributed by atoms with Gasteiger partial charge in [0.2, 0.25) is 5.91 Å². The van der Waals surface area contributed by atoms with Gasteiger partial charge in [0.1, 0.15) is 11.5 Å². The quantitative estimate of drug-likeness (QED) is 0.741. The SMILES string of the molecule is CCNC(=O)CN1CCN(C(=O)c2ccccc2Oc2cccc(Br)c2)CC1. The van der Waals surface area contributed by atoms with Crippen molar-refractivity contribution in [3.05, 3.63) is 58.6 Å². The fourth-order valence-corrected chi connectivity index (χ4v) is 3.50. The second-order valence-electron chi connectivity index (χ2n) is 6.58. The lowest BCUT2D eigenvalue weighted by Gasteiger charge is -2.34. The van der Waals surface area contributed by atoms with Gasteiger partial charge in [0, 0.05) is 37.2 Å². The number of carbonyl (C=O) groups is 2. The maximum atomic E-state index is 13.0. The normalized spacial score (nSPS) is 14.6. The molecule has 1 saturated heterocycles. The van der Waals surface area contributed by atoms with Crippen LogP contribution >= 0.6 is 15.9 Å². The topological polar surface area (TPSA) is 61.9 Å². The molecule has 0 radical (unpaired) electrons. The van der Waals surface area contributed by atoms with Crippen LogP contribution in [-0.2, 0) is 4.79 Å². The van der Waals surface area contributed by atoms with Crippen molar-refractivity contribution in [2.45, 2.75) is 6.92 Å². The lowest BCUT2D eigenvalue weighted by atomic mass is 10.1. The number of nitrogens with one attached hydrogen (secondary N) is 1. The first-order chi connectivity index (χ1) is 13.6. The lowest BCUT2D eigenvalue weighted by molar-refractivity contribution is -0.122. The Morgan fingerprint density at radius 1 is 1.07 bits per heavy atom. The van der Waals surface area contributed by atoms with Gasteiger partial charge in [-0.05, 0) is 37.3 Å². The van der Waals surface area contributed by atoms with Gasteiger partial charge in [0.15, 0.2) is 0 Å². The average molecular weight is 446 g/mol. The number of nitrogens with zero attached hydrogens (tertiary/aromatic N) is 2. The van der Waals surface area contributed by atoms with Gasteiger partial charge >= 0.3 is 0 Å². The van der Waals surface area contributed by atoms with Gasteiger partial charge in [-0.2, -0.15) is 0 Å². The first-order valence-corrected chi connectivity index (χ1v) is 10.2. The van der Waals surface area contributed by atoms with Crippen LogP contribution in [0.2, 0.25) is 0 Å². The number of halogens is 1. The van der Waals surface area contributed by atoms with Gasteiger partial charge in [-0.1, -0.05) is 34.1 Å². The molecule has 2 aromatic carbocycles. The molecule has 6 nitrogen and oxygen atoms in total. The molecule has 1 fully saturated rings. The number of hydrogen-bond acceptors (Lipinski definition) is 4. The molecule has 0 saturated carbocycles. The van der Waals surface area contributed by atoms with Crippen LogP contribution in [0.3, 0.4) is 0 Å². The fourth-order valence-electron chi connectivity index (χ4n) is 3.13. The summed E-state index contributed by atoms with van der Waals surface area (Å²) in [5.41, 5.74) is 0.541. The maximum absolute atomic E-state index is 13.0.